The molecule has 3 aromatic heterocycles. The lowest BCUT2D eigenvalue weighted by Crippen LogP contribution is -1.92. The van der Waals surface area contributed by atoms with Crippen LogP contribution < -0.4 is 0 Å². The number of aromatic nitrogens is 2. The molecule has 33 heavy (non-hydrogen) atoms. The number of para-hydroxylation sites is 1. The van der Waals surface area contributed by atoms with Crippen LogP contribution in [0.3, 0.4) is 0 Å². The fourth-order valence-electron chi connectivity index (χ4n) is 4.75. The molecule has 0 amide bonds. The van der Waals surface area contributed by atoms with Gasteiger partial charge in [0.25, 0.3) is 0 Å². The van der Waals surface area contributed by atoms with Crippen molar-refractivity contribution in [1.82, 2.24) is 9.97 Å². The van der Waals surface area contributed by atoms with Crippen molar-refractivity contribution in [2.45, 2.75) is 0 Å². The molecule has 0 saturated carbocycles. The predicted octanol–water partition coefficient (Wildman–Crippen LogP) is 8.02. The molecule has 0 fully saturated rings. The molecule has 154 valence electrons. The van der Waals surface area contributed by atoms with Crippen LogP contribution in [-0.2, 0) is 0 Å². The first-order valence-corrected chi connectivity index (χ1v) is 11.0. The van der Waals surface area contributed by atoms with Gasteiger partial charge >= 0.3 is 0 Å². The van der Waals surface area contributed by atoms with Crippen LogP contribution in [0.15, 0.2) is 114 Å². The van der Waals surface area contributed by atoms with Gasteiger partial charge in [-0.1, -0.05) is 78.9 Å². The Morgan fingerprint density at radius 2 is 1.27 bits per heavy atom. The molecule has 7 aromatic rings. The summed E-state index contributed by atoms with van der Waals surface area (Å²) in [6, 6.07) is 35.4. The number of furan rings is 1. The SMILES string of the molecule is c1ccc(-c2ccc(-c3nc4cccnc4c4c3ccc3c5ccccc5oc34)cc2)cc1. The topological polar surface area (TPSA) is 38.9 Å². The van der Waals surface area contributed by atoms with Crippen LogP contribution in [0.5, 0.6) is 0 Å². The van der Waals surface area contributed by atoms with Gasteiger partial charge in [0.05, 0.1) is 16.6 Å². The molecular formula is C30H18N2O. The summed E-state index contributed by atoms with van der Waals surface area (Å²) in [6.07, 6.45) is 1.82. The Morgan fingerprint density at radius 3 is 2.15 bits per heavy atom. The van der Waals surface area contributed by atoms with Crippen molar-refractivity contribution in [1.29, 1.82) is 0 Å². The van der Waals surface area contributed by atoms with E-state index in [0.29, 0.717) is 0 Å². The molecule has 0 N–H and O–H groups in total. The van der Waals surface area contributed by atoms with E-state index >= 15 is 0 Å². The van der Waals surface area contributed by atoms with Crippen molar-refractivity contribution in [3.8, 4) is 22.4 Å². The maximum absolute atomic E-state index is 6.37. The van der Waals surface area contributed by atoms with Gasteiger partial charge < -0.3 is 4.42 Å². The highest BCUT2D eigenvalue weighted by Crippen LogP contribution is 2.40. The van der Waals surface area contributed by atoms with Crippen LogP contribution >= 0.6 is 0 Å². The molecule has 0 aliphatic heterocycles. The summed E-state index contributed by atoms with van der Waals surface area (Å²) in [5.41, 5.74) is 7.87. The fourth-order valence-corrected chi connectivity index (χ4v) is 4.75. The quantitative estimate of drug-likeness (QED) is 0.265. The Hall–Kier alpha value is -4.50. The molecule has 4 aromatic carbocycles. The Kier molecular flexibility index (Phi) is 3.84. The Bertz CT molecular complexity index is 1800. The number of hydrogen-bond acceptors (Lipinski definition) is 3. The van der Waals surface area contributed by atoms with E-state index in [1.807, 2.05) is 42.6 Å². The molecule has 0 radical (unpaired) electrons. The molecule has 0 saturated heterocycles. The van der Waals surface area contributed by atoms with Gasteiger partial charge in [-0.3, -0.25) is 4.98 Å². The van der Waals surface area contributed by atoms with E-state index in [2.05, 4.69) is 66.7 Å². The summed E-state index contributed by atoms with van der Waals surface area (Å²) in [6.45, 7) is 0. The number of hydrogen-bond donors (Lipinski definition) is 0. The van der Waals surface area contributed by atoms with E-state index in [9.17, 15) is 0 Å². The van der Waals surface area contributed by atoms with Crippen LogP contribution in [0.1, 0.15) is 0 Å². The molecule has 3 heteroatoms. The maximum atomic E-state index is 6.37. The first-order chi connectivity index (χ1) is 16.4. The minimum Gasteiger partial charge on any atom is -0.455 e. The number of benzene rings is 4. The number of pyridine rings is 2. The number of rotatable bonds is 2. The normalized spacial score (nSPS) is 11.6. The van der Waals surface area contributed by atoms with Crippen molar-refractivity contribution in [3.05, 3.63) is 109 Å². The van der Waals surface area contributed by atoms with E-state index in [-0.39, 0.29) is 0 Å². The van der Waals surface area contributed by atoms with Crippen LogP contribution in [-0.4, -0.2) is 9.97 Å². The first-order valence-electron chi connectivity index (χ1n) is 11.0. The van der Waals surface area contributed by atoms with Crippen molar-refractivity contribution in [2.24, 2.45) is 0 Å². The Balaban J connectivity index is 1.54. The van der Waals surface area contributed by atoms with Gasteiger partial charge in [-0.05, 0) is 35.4 Å². The standard InChI is InChI=1S/C30H18N2O/c1-2-7-19(8-3-1)20-12-14-21(15-13-20)28-24-17-16-23-22-9-4-5-11-26(22)33-30(23)27(24)29-25(32-28)10-6-18-31-29/h1-18H. The molecule has 0 atom stereocenters. The number of nitrogens with zero attached hydrogens (tertiary/aromatic N) is 2. The molecule has 3 heterocycles. The molecule has 0 bridgehead atoms. The van der Waals surface area contributed by atoms with E-state index in [4.69, 9.17) is 14.4 Å². The van der Waals surface area contributed by atoms with Gasteiger partial charge in [-0.15, -0.1) is 0 Å². The molecule has 0 unspecified atom stereocenters. The first kappa shape index (κ1) is 18.1. The van der Waals surface area contributed by atoms with Crippen molar-refractivity contribution >= 4 is 43.7 Å². The minimum atomic E-state index is 0.861. The molecule has 3 nitrogen and oxygen atoms in total. The van der Waals surface area contributed by atoms with Gasteiger partial charge in [0, 0.05) is 27.9 Å². The Labute approximate surface area is 190 Å². The molecular weight excluding hydrogens is 404 g/mol. The monoisotopic (exact) mass is 422 g/mol. The smallest absolute Gasteiger partial charge is 0.145 e. The summed E-state index contributed by atoms with van der Waals surface area (Å²) in [7, 11) is 0. The second kappa shape index (κ2) is 7.01. The third-order valence-corrected chi connectivity index (χ3v) is 6.32. The zero-order valence-corrected chi connectivity index (χ0v) is 17.7. The third kappa shape index (κ3) is 2.76. The van der Waals surface area contributed by atoms with Gasteiger partial charge in [0.1, 0.15) is 16.7 Å². The van der Waals surface area contributed by atoms with Gasteiger partial charge in [-0.25, -0.2) is 4.98 Å². The van der Waals surface area contributed by atoms with Crippen LogP contribution in [0.2, 0.25) is 0 Å². The van der Waals surface area contributed by atoms with Gasteiger partial charge in [-0.2, -0.15) is 0 Å². The lowest BCUT2D eigenvalue weighted by molar-refractivity contribution is 0.673. The van der Waals surface area contributed by atoms with Crippen LogP contribution in [0.25, 0.3) is 66.1 Å². The minimum absolute atomic E-state index is 0.861. The number of fused-ring (bicyclic) bond motifs is 7. The lowest BCUT2D eigenvalue weighted by Gasteiger charge is -2.11. The second-order valence-electron chi connectivity index (χ2n) is 8.24. The third-order valence-electron chi connectivity index (χ3n) is 6.32. The average Bonchev–Trinajstić information content (AvgIpc) is 3.27. The largest absolute Gasteiger partial charge is 0.455 e. The molecule has 0 spiro atoms. The molecule has 0 aliphatic rings. The Morgan fingerprint density at radius 1 is 0.545 bits per heavy atom. The molecule has 7 rings (SSSR count). The van der Waals surface area contributed by atoms with E-state index in [0.717, 1.165) is 55.0 Å². The van der Waals surface area contributed by atoms with E-state index < -0.39 is 0 Å². The van der Waals surface area contributed by atoms with Crippen molar-refractivity contribution < 1.29 is 4.42 Å². The average molecular weight is 422 g/mol. The zero-order chi connectivity index (χ0) is 21.8. The highest BCUT2D eigenvalue weighted by atomic mass is 16.3. The predicted molar refractivity (Wildman–Crippen MR) is 135 cm³/mol. The van der Waals surface area contributed by atoms with Crippen molar-refractivity contribution in [2.75, 3.05) is 0 Å². The summed E-state index contributed by atoms with van der Waals surface area (Å²) >= 11 is 0. The highest BCUT2D eigenvalue weighted by molar-refractivity contribution is 6.23. The summed E-state index contributed by atoms with van der Waals surface area (Å²) in [5.74, 6) is 0. The van der Waals surface area contributed by atoms with Crippen LogP contribution in [0.4, 0.5) is 0 Å². The fraction of sp³-hybridized carbons (Fsp3) is 0. The van der Waals surface area contributed by atoms with Crippen molar-refractivity contribution in [3.63, 3.8) is 0 Å². The summed E-state index contributed by atoms with van der Waals surface area (Å²) in [5, 5.41) is 4.27. The van der Waals surface area contributed by atoms with Crippen LogP contribution in [0, 0.1) is 0 Å². The van der Waals surface area contributed by atoms with Gasteiger partial charge in [0.2, 0.25) is 0 Å². The lowest BCUT2D eigenvalue weighted by atomic mass is 9.98. The summed E-state index contributed by atoms with van der Waals surface area (Å²) in [4.78, 5) is 9.73. The zero-order valence-electron chi connectivity index (χ0n) is 17.7. The molecule has 0 aliphatic carbocycles. The van der Waals surface area contributed by atoms with E-state index in [1.54, 1.807) is 0 Å². The second-order valence-corrected chi connectivity index (χ2v) is 8.24. The van der Waals surface area contributed by atoms with E-state index in [1.165, 1.54) is 11.1 Å². The highest BCUT2D eigenvalue weighted by Gasteiger charge is 2.17. The van der Waals surface area contributed by atoms with Gasteiger partial charge in [0.15, 0.2) is 0 Å². The summed E-state index contributed by atoms with van der Waals surface area (Å²) < 4.78 is 6.37. The maximum Gasteiger partial charge on any atom is 0.145 e.